The standard InChI is InChI=1S/C11H9ClF3N3/c12-9-1-2-10(7(3-9)4-16)18-6-8(5-17-18)11(13,14)15/h1-3,5-6H,4,16H2. The molecule has 0 amide bonds. The van der Waals surface area contributed by atoms with E-state index in [1.165, 1.54) is 0 Å². The number of alkyl halides is 3. The van der Waals surface area contributed by atoms with E-state index in [1.807, 2.05) is 0 Å². The van der Waals surface area contributed by atoms with Crippen LogP contribution in [0.25, 0.3) is 5.69 Å². The van der Waals surface area contributed by atoms with E-state index in [9.17, 15) is 13.2 Å². The van der Waals surface area contributed by atoms with Crippen molar-refractivity contribution in [1.82, 2.24) is 9.78 Å². The zero-order valence-electron chi connectivity index (χ0n) is 9.08. The molecule has 96 valence electrons. The van der Waals surface area contributed by atoms with E-state index < -0.39 is 11.7 Å². The molecule has 2 rings (SSSR count). The Morgan fingerprint density at radius 3 is 2.61 bits per heavy atom. The summed E-state index contributed by atoms with van der Waals surface area (Å²) in [5, 5.41) is 4.16. The van der Waals surface area contributed by atoms with Crippen molar-refractivity contribution in [2.45, 2.75) is 12.7 Å². The highest BCUT2D eigenvalue weighted by Gasteiger charge is 2.32. The molecule has 0 spiro atoms. The monoisotopic (exact) mass is 275 g/mol. The first-order chi connectivity index (χ1) is 8.41. The first-order valence-corrected chi connectivity index (χ1v) is 5.40. The Morgan fingerprint density at radius 2 is 2.06 bits per heavy atom. The molecule has 0 aliphatic heterocycles. The maximum absolute atomic E-state index is 12.5. The summed E-state index contributed by atoms with van der Waals surface area (Å²) >= 11 is 5.80. The van der Waals surface area contributed by atoms with Gasteiger partial charge in [-0.15, -0.1) is 0 Å². The highest BCUT2D eigenvalue weighted by molar-refractivity contribution is 6.30. The van der Waals surface area contributed by atoms with Crippen LogP contribution in [0.1, 0.15) is 11.1 Å². The highest BCUT2D eigenvalue weighted by atomic mass is 35.5. The molecule has 2 N–H and O–H groups in total. The number of nitrogens with zero attached hydrogens (tertiary/aromatic N) is 2. The van der Waals surface area contributed by atoms with Crippen LogP contribution in [0.15, 0.2) is 30.6 Å². The fourth-order valence-corrected chi connectivity index (χ4v) is 1.74. The van der Waals surface area contributed by atoms with E-state index in [0.717, 1.165) is 17.1 Å². The molecule has 1 aromatic carbocycles. The molecule has 1 heterocycles. The zero-order valence-corrected chi connectivity index (χ0v) is 9.83. The van der Waals surface area contributed by atoms with Crippen LogP contribution in [-0.4, -0.2) is 9.78 Å². The van der Waals surface area contributed by atoms with Gasteiger partial charge in [0.1, 0.15) is 0 Å². The van der Waals surface area contributed by atoms with E-state index >= 15 is 0 Å². The van der Waals surface area contributed by atoms with Crippen LogP contribution in [0.2, 0.25) is 5.02 Å². The van der Waals surface area contributed by atoms with E-state index in [1.54, 1.807) is 18.2 Å². The van der Waals surface area contributed by atoms with Gasteiger partial charge in [0.15, 0.2) is 0 Å². The van der Waals surface area contributed by atoms with Gasteiger partial charge in [0.05, 0.1) is 17.4 Å². The summed E-state index contributed by atoms with van der Waals surface area (Å²) in [5.74, 6) is 0. The molecule has 7 heteroatoms. The van der Waals surface area contributed by atoms with Crippen LogP contribution in [0.3, 0.4) is 0 Å². The molecule has 0 radical (unpaired) electrons. The van der Waals surface area contributed by atoms with E-state index in [0.29, 0.717) is 16.3 Å². The normalized spacial score (nSPS) is 11.8. The average molecular weight is 276 g/mol. The summed E-state index contributed by atoms with van der Waals surface area (Å²) in [6.45, 7) is 0.164. The van der Waals surface area contributed by atoms with Crippen molar-refractivity contribution >= 4 is 11.6 Å². The summed E-state index contributed by atoms with van der Waals surface area (Å²) in [4.78, 5) is 0. The van der Waals surface area contributed by atoms with Gasteiger partial charge in [0.2, 0.25) is 0 Å². The SMILES string of the molecule is NCc1cc(Cl)ccc1-n1cc(C(F)(F)F)cn1. The summed E-state index contributed by atoms with van der Waals surface area (Å²) in [7, 11) is 0. The number of rotatable bonds is 2. The van der Waals surface area contributed by atoms with E-state index in [4.69, 9.17) is 17.3 Å². The second kappa shape index (κ2) is 4.62. The molecular formula is C11H9ClF3N3. The molecule has 0 saturated carbocycles. The number of benzene rings is 1. The summed E-state index contributed by atoms with van der Waals surface area (Å²) in [6.07, 6.45) is -2.72. The lowest BCUT2D eigenvalue weighted by Crippen LogP contribution is -2.06. The topological polar surface area (TPSA) is 43.8 Å². The number of nitrogens with two attached hydrogens (primary N) is 1. The fourth-order valence-electron chi connectivity index (χ4n) is 1.54. The molecule has 3 nitrogen and oxygen atoms in total. The van der Waals surface area contributed by atoms with Crippen LogP contribution in [0, 0.1) is 0 Å². The maximum Gasteiger partial charge on any atom is 0.419 e. The lowest BCUT2D eigenvalue weighted by atomic mass is 10.2. The van der Waals surface area contributed by atoms with E-state index in [2.05, 4.69) is 5.10 Å². The quantitative estimate of drug-likeness (QED) is 0.916. The van der Waals surface area contributed by atoms with Gasteiger partial charge >= 0.3 is 6.18 Å². The third kappa shape index (κ3) is 2.49. The second-order valence-corrected chi connectivity index (χ2v) is 4.08. The van der Waals surface area contributed by atoms with Crippen molar-refractivity contribution in [3.05, 3.63) is 46.7 Å². The lowest BCUT2D eigenvalue weighted by molar-refractivity contribution is -0.137. The van der Waals surface area contributed by atoms with Gasteiger partial charge in [-0.2, -0.15) is 18.3 Å². The first-order valence-electron chi connectivity index (χ1n) is 5.02. The molecular weight excluding hydrogens is 267 g/mol. The third-order valence-corrected chi connectivity index (χ3v) is 2.65. The molecule has 0 atom stereocenters. The van der Waals surface area contributed by atoms with Gasteiger partial charge in [-0.1, -0.05) is 11.6 Å². The van der Waals surface area contributed by atoms with Gasteiger partial charge in [0.25, 0.3) is 0 Å². The van der Waals surface area contributed by atoms with Crippen molar-refractivity contribution in [3.8, 4) is 5.69 Å². The Labute approximate surface area is 106 Å². The Balaban J connectivity index is 2.46. The average Bonchev–Trinajstić information content (AvgIpc) is 2.77. The number of halogens is 4. The van der Waals surface area contributed by atoms with Crippen LogP contribution in [0.5, 0.6) is 0 Å². The zero-order chi connectivity index (χ0) is 13.3. The Bertz CT molecular complexity index is 563. The summed E-state index contributed by atoms with van der Waals surface area (Å²) in [6, 6.07) is 4.76. The molecule has 0 saturated heterocycles. The predicted molar refractivity (Wildman–Crippen MR) is 61.5 cm³/mol. The molecule has 2 aromatic rings. The first kappa shape index (κ1) is 12.9. The molecule has 1 aromatic heterocycles. The van der Waals surface area contributed by atoms with Crippen LogP contribution in [0.4, 0.5) is 13.2 Å². The minimum atomic E-state index is -4.41. The molecule has 0 fully saturated rings. The van der Waals surface area contributed by atoms with E-state index in [-0.39, 0.29) is 6.54 Å². The van der Waals surface area contributed by atoms with Gasteiger partial charge < -0.3 is 5.73 Å². The van der Waals surface area contributed by atoms with Crippen molar-refractivity contribution in [2.24, 2.45) is 5.73 Å². The Hall–Kier alpha value is -1.53. The number of hydrogen-bond acceptors (Lipinski definition) is 2. The largest absolute Gasteiger partial charge is 0.419 e. The number of hydrogen-bond donors (Lipinski definition) is 1. The summed E-state index contributed by atoms with van der Waals surface area (Å²) in [5.41, 5.74) is 5.83. The molecule has 0 unspecified atom stereocenters. The second-order valence-electron chi connectivity index (χ2n) is 3.65. The fraction of sp³-hybridized carbons (Fsp3) is 0.182. The molecule has 0 bridgehead atoms. The maximum atomic E-state index is 12.5. The number of aromatic nitrogens is 2. The Morgan fingerprint density at radius 1 is 1.33 bits per heavy atom. The smallest absolute Gasteiger partial charge is 0.326 e. The predicted octanol–water partition coefficient (Wildman–Crippen LogP) is 3.00. The minimum Gasteiger partial charge on any atom is -0.326 e. The van der Waals surface area contributed by atoms with Gasteiger partial charge in [-0.25, -0.2) is 4.68 Å². The van der Waals surface area contributed by atoms with Gasteiger partial charge in [0, 0.05) is 17.8 Å². The van der Waals surface area contributed by atoms with Crippen molar-refractivity contribution in [1.29, 1.82) is 0 Å². The van der Waals surface area contributed by atoms with Crippen molar-refractivity contribution in [3.63, 3.8) is 0 Å². The van der Waals surface area contributed by atoms with Gasteiger partial charge in [-0.05, 0) is 23.8 Å². The molecule has 0 aliphatic rings. The van der Waals surface area contributed by atoms with Crippen LogP contribution in [-0.2, 0) is 12.7 Å². The highest BCUT2D eigenvalue weighted by Crippen LogP contribution is 2.29. The third-order valence-electron chi connectivity index (χ3n) is 2.42. The Kier molecular flexibility index (Phi) is 3.32. The van der Waals surface area contributed by atoms with Gasteiger partial charge in [-0.3, -0.25) is 0 Å². The van der Waals surface area contributed by atoms with Crippen LogP contribution >= 0.6 is 11.6 Å². The molecule has 0 aliphatic carbocycles. The molecule has 18 heavy (non-hydrogen) atoms. The van der Waals surface area contributed by atoms with Crippen LogP contribution < -0.4 is 5.73 Å². The minimum absolute atomic E-state index is 0.164. The van der Waals surface area contributed by atoms with Crippen molar-refractivity contribution in [2.75, 3.05) is 0 Å². The lowest BCUT2D eigenvalue weighted by Gasteiger charge is -2.08. The summed E-state index contributed by atoms with van der Waals surface area (Å²) < 4.78 is 38.5. The van der Waals surface area contributed by atoms with Crippen molar-refractivity contribution < 1.29 is 13.2 Å².